The molecule has 1 atom stereocenters. The number of aromatic nitrogens is 3. The summed E-state index contributed by atoms with van der Waals surface area (Å²) in [4.78, 5) is 39.2. The number of ether oxygens (including phenoxy) is 1. The van der Waals surface area contributed by atoms with Crippen LogP contribution >= 0.6 is 0 Å². The Hall–Kier alpha value is -4.36. The van der Waals surface area contributed by atoms with E-state index in [-0.39, 0.29) is 29.5 Å². The monoisotopic (exact) mass is 581 g/mol. The number of anilines is 1. The van der Waals surface area contributed by atoms with Crippen LogP contribution in [0, 0.1) is 5.82 Å². The number of halogens is 1. The second-order valence-corrected chi connectivity index (χ2v) is 11.3. The molecule has 0 radical (unpaired) electrons. The first-order valence-electron chi connectivity index (χ1n) is 13.0. The van der Waals surface area contributed by atoms with Crippen molar-refractivity contribution in [3.8, 4) is 11.5 Å². The molecular formula is C28H28FN5O6S. The molecule has 4 aromatic rings. The molecule has 1 fully saturated rings. The van der Waals surface area contributed by atoms with Gasteiger partial charge in [0.15, 0.2) is 5.78 Å². The maximum Gasteiger partial charge on any atom is 0.264 e. The minimum absolute atomic E-state index is 0.143. The molecule has 0 aliphatic carbocycles. The highest BCUT2D eigenvalue weighted by molar-refractivity contribution is 7.86. The number of nitrogens with zero attached hydrogens (tertiary/aromatic N) is 3. The molecule has 1 aliphatic heterocycles. The van der Waals surface area contributed by atoms with Gasteiger partial charge in [-0.15, -0.1) is 0 Å². The first-order valence-corrected chi connectivity index (χ1v) is 14.8. The van der Waals surface area contributed by atoms with E-state index in [4.69, 9.17) is 8.92 Å². The molecule has 1 unspecified atom stereocenters. The Balaban J connectivity index is 1.34. The van der Waals surface area contributed by atoms with E-state index < -0.39 is 34.2 Å². The number of amides is 1. The van der Waals surface area contributed by atoms with Gasteiger partial charge >= 0.3 is 0 Å². The second-order valence-electron chi connectivity index (χ2n) is 9.62. The number of fused-ring (bicyclic) bond motifs is 1. The summed E-state index contributed by atoms with van der Waals surface area (Å²) in [5, 5.41) is 3.59. The summed E-state index contributed by atoms with van der Waals surface area (Å²) in [6, 6.07) is 12.7. The number of hydrogen-bond acceptors (Lipinski definition) is 9. The number of benzene rings is 2. The van der Waals surface area contributed by atoms with Crippen LogP contribution in [0.2, 0.25) is 0 Å². The van der Waals surface area contributed by atoms with Gasteiger partial charge in [0.25, 0.3) is 10.1 Å². The average molecular weight is 582 g/mol. The SMILES string of the molecule is CS(=O)(=O)OCC(=O)N1CCCCC1CNc1ncnc2[nH]cc(C(=O)c3ccc(Oc4ccccc4)cc3F)c12. The first kappa shape index (κ1) is 28.2. The zero-order valence-corrected chi connectivity index (χ0v) is 23.0. The Morgan fingerprint density at radius 1 is 1.10 bits per heavy atom. The van der Waals surface area contributed by atoms with Gasteiger partial charge < -0.3 is 19.9 Å². The molecule has 2 aromatic heterocycles. The number of nitrogens with one attached hydrogen (secondary N) is 2. The number of rotatable bonds is 10. The number of carbonyl (C=O) groups excluding carboxylic acids is 2. The minimum atomic E-state index is -3.75. The van der Waals surface area contributed by atoms with Crippen LogP contribution < -0.4 is 10.1 Å². The van der Waals surface area contributed by atoms with Gasteiger partial charge in [-0.25, -0.2) is 14.4 Å². The van der Waals surface area contributed by atoms with Crippen LogP contribution in [-0.2, 0) is 19.1 Å². The number of likely N-dealkylation sites (tertiary alicyclic amines) is 1. The molecule has 0 saturated carbocycles. The van der Waals surface area contributed by atoms with Gasteiger partial charge in [0.1, 0.15) is 41.7 Å². The molecule has 2 aromatic carbocycles. The smallest absolute Gasteiger partial charge is 0.264 e. The number of para-hydroxylation sites is 1. The van der Waals surface area contributed by atoms with E-state index in [1.54, 1.807) is 29.2 Å². The van der Waals surface area contributed by atoms with Crippen molar-refractivity contribution in [2.75, 3.05) is 31.3 Å². The van der Waals surface area contributed by atoms with Crippen LogP contribution in [0.3, 0.4) is 0 Å². The number of aromatic amines is 1. The van der Waals surface area contributed by atoms with Gasteiger partial charge in [-0.3, -0.25) is 13.8 Å². The van der Waals surface area contributed by atoms with E-state index in [2.05, 4.69) is 20.3 Å². The Bertz CT molecular complexity index is 1680. The molecule has 0 bridgehead atoms. The van der Waals surface area contributed by atoms with Crippen molar-refractivity contribution < 1.29 is 31.3 Å². The predicted octanol–water partition coefficient (Wildman–Crippen LogP) is 3.89. The van der Waals surface area contributed by atoms with Crippen LogP contribution in [-0.4, -0.2) is 72.0 Å². The van der Waals surface area contributed by atoms with E-state index >= 15 is 4.39 Å². The maximum atomic E-state index is 15.1. The summed E-state index contributed by atoms with van der Waals surface area (Å²) in [6.07, 6.45) is 6.04. The molecule has 1 aliphatic rings. The lowest BCUT2D eigenvalue weighted by Gasteiger charge is -2.35. The normalized spacial score (nSPS) is 15.6. The number of hydrogen-bond donors (Lipinski definition) is 2. The maximum absolute atomic E-state index is 15.1. The van der Waals surface area contributed by atoms with Crippen molar-refractivity contribution >= 4 is 38.7 Å². The molecule has 11 nitrogen and oxygen atoms in total. The minimum Gasteiger partial charge on any atom is -0.457 e. The molecule has 2 N–H and O–H groups in total. The predicted molar refractivity (Wildman–Crippen MR) is 149 cm³/mol. The Labute approximate surface area is 235 Å². The third kappa shape index (κ3) is 6.69. The highest BCUT2D eigenvalue weighted by Crippen LogP contribution is 2.29. The molecular weight excluding hydrogens is 553 g/mol. The molecule has 214 valence electrons. The van der Waals surface area contributed by atoms with Crippen molar-refractivity contribution in [3.63, 3.8) is 0 Å². The largest absolute Gasteiger partial charge is 0.457 e. The Morgan fingerprint density at radius 3 is 2.66 bits per heavy atom. The summed E-state index contributed by atoms with van der Waals surface area (Å²) >= 11 is 0. The first-order chi connectivity index (χ1) is 19.7. The number of carbonyl (C=O) groups is 2. The summed E-state index contributed by atoms with van der Waals surface area (Å²) in [5.41, 5.74) is 0.418. The van der Waals surface area contributed by atoms with Gasteiger partial charge in [0.05, 0.1) is 22.8 Å². The second kappa shape index (κ2) is 12.0. The molecule has 3 heterocycles. The number of piperidine rings is 1. The molecule has 0 spiro atoms. The van der Waals surface area contributed by atoms with Crippen molar-refractivity contribution in [1.82, 2.24) is 19.9 Å². The fourth-order valence-corrected chi connectivity index (χ4v) is 5.10. The highest BCUT2D eigenvalue weighted by Gasteiger charge is 2.28. The van der Waals surface area contributed by atoms with Gasteiger partial charge in [0, 0.05) is 31.4 Å². The van der Waals surface area contributed by atoms with Crippen molar-refractivity contribution in [1.29, 1.82) is 0 Å². The fourth-order valence-electron chi connectivity index (χ4n) is 4.79. The molecule has 13 heteroatoms. The van der Waals surface area contributed by atoms with Gasteiger partial charge in [0.2, 0.25) is 5.91 Å². The van der Waals surface area contributed by atoms with E-state index in [0.29, 0.717) is 35.6 Å². The van der Waals surface area contributed by atoms with Gasteiger partial charge in [-0.2, -0.15) is 8.42 Å². The van der Waals surface area contributed by atoms with Crippen LogP contribution in [0.5, 0.6) is 11.5 Å². The van der Waals surface area contributed by atoms with E-state index in [1.807, 2.05) is 6.07 Å². The lowest BCUT2D eigenvalue weighted by atomic mass is 10.0. The van der Waals surface area contributed by atoms with E-state index in [9.17, 15) is 18.0 Å². The van der Waals surface area contributed by atoms with Crippen molar-refractivity contribution in [2.24, 2.45) is 0 Å². The lowest BCUT2D eigenvalue weighted by molar-refractivity contribution is -0.136. The number of ketones is 1. The standard InChI is InChI=1S/C28H28FN5O6S/c1-41(37,38)39-16-24(35)34-12-6-5-7-18(34)14-30-27-25-22(15-31-28(25)33-17-32-27)26(36)21-11-10-20(13-23(21)29)40-19-8-3-2-4-9-19/h2-4,8-11,13,15,17-18H,5-7,12,14,16H2,1H3,(H2,30,31,32,33). The summed E-state index contributed by atoms with van der Waals surface area (Å²) < 4.78 is 48.1. The van der Waals surface area contributed by atoms with Gasteiger partial charge in [-0.1, -0.05) is 18.2 Å². The molecule has 1 amide bonds. The van der Waals surface area contributed by atoms with Crippen LogP contribution in [0.4, 0.5) is 10.2 Å². The highest BCUT2D eigenvalue weighted by atomic mass is 32.2. The fraction of sp³-hybridized carbons (Fsp3) is 0.286. The van der Waals surface area contributed by atoms with E-state index in [1.165, 1.54) is 24.7 Å². The third-order valence-electron chi connectivity index (χ3n) is 6.73. The van der Waals surface area contributed by atoms with Crippen LogP contribution in [0.25, 0.3) is 11.0 Å². The average Bonchev–Trinajstić information content (AvgIpc) is 3.40. The van der Waals surface area contributed by atoms with Crippen molar-refractivity contribution in [3.05, 3.63) is 78.0 Å². The molecule has 5 rings (SSSR count). The topological polar surface area (TPSA) is 144 Å². The summed E-state index contributed by atoms with van der Waals surface area (Å²) in [6.45, 7) is 0.189. The van der Waals surface area contributed by atoms with E-state index in [0.717, 1.165) is 25.2 Å². The zero-order chi connectivity index (χ0) is 29.0. The Morgan fingerprint density at radius 2 is 1.90 bits per heavy atom. The van der Waals surface area contributed by atoms with Crippen molar-refractivity contribution in [2.45, 2.75) is 25.3 Å². The van der Waals surface area contributed by atoms with Crippen LogP contribution in [0.15, 0.2) is 61.1 Å². The lowest BCUT2D eigenvalue weighted by Crippen LogP contribution is -2.48. The number of H-pyrrole nitrogens is 1. The van der Waals surface area contributed by atoms with Gasteiger partial charge in [-0.05, 0) is 43.5 Å². The third-order valence-corrected chi connectivity index (χ3v) is 7.27. The van der Waals surface area contributed by atoms with Crippen LogP contribution in [0.1, 0.15) is 35.2 Å². The summed E-state index contributed by atoms with van der Waals surface area (Å²) in [5.74, 6) is -0.598. The summed E-state index contributed by atoms with van der Waals surface area (Å²) in [7, 11) is -3.75. The molecule has 1 saturated heterocycles. The Kier molecular flexibility index (Phi) is 8.26. The quantitative estimate of drug-likeness (QED) is 0.211. The molecule has 41 heavy (non-hydrogen) atoms. The zero-order valence-electron chi connectivity index (χ0n) is 22.2.